The fourth-order valence-corrected chi connectivity index (χ4v) is 2.91. The number of nitrogens with zero attached hydrogens (tertiary/aromatic N) is 2. The Hall–Kier alpha value is -1.82. The van der Waals surface area contributed by atoms with Gasteiger partial charge in [-0.25, -0.2) is 8.78 Å². The molecule has 1 heterocycles. The van der Waals surface area contributed by atoms with E-state index >= 15 is 0 Å². The monoisotopic (exact) mass is 293 g/mol. The molecule has 1 aliphatic rings. The van der Waals surface area contributed by atoms with Crippen LogP contribution in [0.3, 0.4) is 0 Å². The molecular formula is C15H17F2N3O. The van der Waals surface area contributed by atoms with Crippen molar-refractivity contribution >= 4 is 0 Å². The van der Waals surface area contributed by atoms with Crippen LogP contribution in [0.5, 0.6) is 0 Å². The summed E-state index contributed by atoms with van der Waals surface area (Å²) in [5.74, 6) is -0.761. The fraction of sp³-hybridized carbons (Fsp3) is 0.467. The molecule has 1 saturated carbocycles. The first-order valence-electron chi connectivity index (χ1n) is 7.15. The van der Waals surface area contributed by atoms with E-state index in [-0.39, 0.29) is 5.92 Å². The van der Waals surface area contributed by atoms with Gasteiger partial charge in [0.1, 0.15) is 0 Å². The average molecular weight is 293 g/mol. The first-order chi connectivity index (χ1) is 10.2. The molecule has 2 atom stereocenters. The second-order valence-electron chi connectivity index (χ2n) is 5.37. The lowest BCUT2D eigenvalue weighted by Gasteiger charge is -2.28. The minimum atomic E-state index is -0.912. The fourth-order valence-electron chi connectivity index (χ4n) is 2.91. The molecule has 112 valence electrons. The molecule has 3 rings (SSSR count). The molecule has 0 radical (unpaired) electrons. The standard InChI is InChI=1S/C15H17F2N3O/c1-18-13-5-3-2-4-10(13)15-19-14(20-21-15)9-6-7-11(16)12(17)8-9/h6-8,10,13,18H,2-5H2,1H3. The van der Waals surface area contributed by atoms with Gasteiger partial charge in [0.05, 0.1) is 5.92 Å². The summed E-state index contributed by atoms with van der Waals surface area (Å²) in [6.45, 7) is 0. The largest absolute Gasteiger partial charge is 0.339 e. The molecule has 0 bridgehead atoms. The van der Waals surface area contributed by atoms with Crippen molar-refractivity contribution in [2.45, 2.75) is 37.6 Å². The van der Waals surface area contributed by atoms with Gasteiger partial charge in [-0.3, -0.25) is 0 Å². The first-order valence-corrected chi connectivity index (χ1v) is 7.15. The average Bonchev–Trinajstić information content (AvgIpc) is 2.99. The van der Waals surface area contributed by atoms with Crippen molar-refractivity contribution in [1.82, 2.24) is 15.5 Å². The summed E-state index contributed by atoms with van der Waals surface area (Å²) < 4.78 is 31.6. The molecule has 0 amide bonds. The zero-order valence-corrected chi connectivity index (χ0v) is 11.8. The lowest BCUT2D eigenvalue weighted by atomic mass is 9.84. The molecule has 1 N–H and O–H groups in total. The Bertz CT molecular complexity index is 629. The number of aromatic nitrogens is 2. The third-order valence-corrected chi connectivity index (χ3v) is 4.07. The van der Waals surface area contributed by atoms with Gasteiger partial charge in [-0.05, 0) is 38.1 Å². The molecule has 1 fully saturated rings. The van der Waals surface area contributed by atoms with E-state index in [1.54, 1.807) is 0 Å². The molecule has 1 aromatic carbocycles. The maximum absolute atomic E-state index is 13.3. The van der Waals surface area contributed by atoms with E-state index in [0.717, 1.165) is 31.4 Å². The maximum atomic E-state index is 13.3. The molecule has 1 aromatic heterocycles. The van der Waals surface area contributed by atoms with Gasteiger partial charge in [0, 0.05) is 11.6 Å². The van der Waals surface area contributed by atoms with Crippen LogP contribution in [0.15, 0.2) is 22.7 Å². The Morgan fingerprint density at radius 3 is 2.76 bits per heavy atom. The van der Waals surface area contributed by atoms with Gasteiger partial charge in [0.2, 0.25) is 11.7 Å². The van der Waals surface area contributed by atoms with E-state index in [0.29, 0.717) is 23.3 Å². The highest BCUT2D eigenvalue weighted by Gasteiger charge is 2.30. The van der Waals surface area contributed by atoms with Crippen LogP contribution in [-0.2, 0) is 0 Å². The number of halogens is 2. The molecule has 6 heteroatoms. The Labute approximate surface area is 121 Å². The minimum absolute atomic E-state index is 0.176. The van der Waals surface area contributed by atoms with Crippen LogP contribution < -0.4 is 5.32 Å². The van der Waals surface area contributed by atoms with Crippen molar-refractivity contribution in [2.24, 2.45) is 0 Å². The SMILES string of the molecule is CNC1CCCCC1c1nc(-c2ccc(F)c(F)c2)no1. The maximum Gasteiger partial charge on any atom is 0.231 e. The van der Waals surface area contributed by atoms with Crippen LogP contribution >= 0.6 is 0 Å². The van der Waals surface area contributed by atoms with Crippen molar-refractivity contribution in [1.29, 1.82) is 0 Å². The van der Waals surface area contributed by atoms with E-state index in [9.17, 15) is 8.78 Å². The number of rotatable bonds is 3. The molecule has 4 nitrogen and oxygen atoms in total. The third-order valence-electron chi connectivity index (χ3n) is 4.07. The first kappa shape index (κ1) is 14.1. The molecular weight excluding hydrogens is 276 g/mol. The van der Waals surface area contributed by atoms with Gasteiger partial charge in [-0.15, -0.1) is 0 Å². The Morgan fingerprint density at radius 1 is 1.19 bits per heavy atom. The molecule has 1 aliphatic carbocycles. The number of likely N-dealkylation sites (N-methyl/N-ethyl adjacent to an activating group) is 1. The summed E-state index contributed by atoms with van der Waals surface area (Å²) in [5.41, 5.74) is 0.417. The van der Waals surface area contributed by atoms with E-state index in [2.05, 4.69) is 15.5 Å². The Kier molecular flexibility index (Phi) is 3.96. The summed E-state index contributed by atoms with van der Waals surface area (Å²) in [4.78, 5) is 4.37. The lowest BCUT2D eigenvalue weighted by Crippen LogP contribution is -2.34. The highest BCUT2D eigenvalue weighted by Crippen LogP contribution is 2.33. The van der Waals surface area contributed by atoms with Crippen LogP contribution in [0.25, 0.3) is 11.4 Å². The predicted molar refractivity (Wildman–Crippen MR) is 73.7 cm³/mol. The summed E-state index contributed by atoms with van der Waals surface area (Å²) in [6.07, 6.45) is 4.38. The highest BCUT2D eigenvalue weighted by atomic mass is 19.2. The molecule has 0 saturated heterocycles. The third kappa shape index (κ3) is 2.81. The summed E-state index contributed by atoms with van der Waals surface area (Å²) in [7, 11) is 1.93. The summed E-state index contributed by atoms with van der Waals surface area (Å²) >= 11 is 0. The number of hydrogen-bond donors (Lipinski definition) is 1. The van der Waals surface area contributed by atoms with Crippen molar-refractivity contribution < 1.29 is 13.3 Å². The van der Waals surface area contributed by atoms with Gasteiger partial charge in [-0.1, -0.05) is 18.0 Å². The van der Waals surface area contributed by atoms with Crippen LogP contribution in [0.4, 0.5) is 8.78 Å². The normalized spacial score (nSPS) is 22.4. The highest BCUT2D eigenvalue weighted by molar-refractivity contribution is 5.54. The quantitative estimate of drug-likeness (QED) is 0.943. The van der Waals surface area contributed by atoms with Crippen molar-refractivity contribution in [3.63, 3.8) is 0 Å². The van der Waals surface area contributed by atoms with Gasteiger partial charge in [0.15, 0.2) is 11.6 Å². The molecule has 0 spiro atoms. The van der Waals surface area contributed by atoms with Crippen molar-refractivity contribution in [3.05, 3.63) is 35.7 Å². The molecule has 2 unspecified atom stereocenters. The zero-order chi connectivity index (χ0) is 14.8. The smallest absolute Gasteiger partial charge is 0.231 e. The Balaban J connectivity index is 1.86. The van der Waals surface area contributed by atoms with E-state index in [4.69, 9.17) is 4.52 Å². The molecule has 21 heavy (non-hydrogen) atoms. The second kappa shape index (κ2) is 5.89. The van der Waals surface area contributed by atoms with Crippen LogP contribution in [0, 0.1) is 11.6 Å². The van der Waals surface area contributed by atoms with E-state index in [1.807, 2.05) is 7.05 Å². The van der Waals surface area contributed by atoms with Crippen LogP contribution in [0.2, 0.25) is 0 Å². The lowest BCUT2D eigenvalue weighted by molar-refractivity contribution is 0.270. The number of benzene rings is 1. The molecule has 2 aromatic rings. The number of hydrogen-bond acceptors (Lipinski definition) is 4. The number of nitrogens with one attached hydrogen (secondary N) is 1. The van der Waals surface area contributed by atoms with Gasteiger partial charge < -0.3 is 9.84 Å². The summed E-state index contributed by atoms with van der Waals surface area (Å²) in [5, 5.41) is 7.18. The van der Waals surface area contributed by atoms with E-state index < -0.39 is 11.6 Å². The Morgan fingerprint density at radius 2 is 2.00 bits per heavy atom. The topological polar surface area (TPSA) is 51.0 Å². The van der Waals surface area contributed by atoms with Crippen LogP contribution in [-0.4, -0.2) is 23.2 Å². The van der Waals surface area contributed by atoms with Crippen molar-refractivity contribution in [3.8, 4) is 11.4 Å². The van der Waals surface area contributed by atoms with Crippen LogP contribution in [0.1, 0.15) is 37.5 Å². The van der Waals surface area contributed by atoms with E-state index in [1.165, 1.54) is 12.5 Å². The second-order valence-corrected chi connectivity index (χ2v) is 5.37. The van der Waals surface area contributed by atoms with Gasteiger partial charge >= 0.3 is 0 Å². The van der Waals surface area contributed by atoms with Crippen molar-refractivity contribution in [2.75, 3.05) is 7.05 Å². The van der Waals surface area contributed by atoms with Gasteiger partial charge in [0.25, 0.3) is 0 Å². The predicted octanol–water partition coefficient (Wildman–Crippen LogP) is 3.26. The molecule has 0 aliphatic heterocycles. The minimum Gasteiger partial charge on any atom is -0.339 e. The van der Waals surface area contributed by atoms with Gasteiger partial charge in [-0.2, -0.15) is 4.98 Å². The zero-order valence-electron chi connectivity index (χ0n) is 11.8. The summed E-state index contributed by atoms with van der Waals surface area (Å²) in [6, 6.07) is 3.92.